The Morgan fingerprint density at radius 1 is 0.852 bits per heavy atom. The van der Waals surface area contributed by atoms with E-state index in [1.54, 1.807) is 20.4 Å². The van der Waals surface area contributed by atoms with E-state index in [1.807, 2.05) is 68.4 Å². The van der Waals surface area contributed by atoms with Gasteiger partial charge in [-0.2, -0.15) is 14.3 Å². The number of piperazine rings is 1. The number of ether oxygens (including phenoxy) is 3. The van der Waals surface area contributed by atoms with Gasteiger partial charge in [-0.25, -0.2) is 27.8 Å². The van der Waals surface area contributed by atoms with E-state index in [9.17, 15) is 12.8 Å². The van der Waals surface area contributed by atoms with E-state index in [-0.39, 0.29) is 11.9 Å². The molecule has 54 heavy (non-hydrogen) atoms. The van der Waals surface area contributed by atoms with E-state index in [0.717, 1.165) is 28.2 Å². The first-order valence-electron chi connectivity index (χ1n) is 17.3. The van der Waals surface area contributed by atoms with E-state index in [2.05, 4.69) is 20.1 Å². The number of nitrogens with one attached hydrogen (secondary N) is 1. The Labute approximate surface area is 315 Å². The van der Waals surface area contributed by atoms with Gasteiger partial charge >= 0.3 is 0 Å². The zero-order chi connectivity index (χ0) is 38.4. The number of hydrogen-bond donors (Lipinski definition) is 1. The second-order valence-corrected chi connectivity index (χ2v) is 15.0. The maximum atomic E-state index is 14.7. The van der Waals surface area contributed by atoms with Crippen LogP contribution in [0, 0.1) is 12.7 Å². The minimum absolute atomic E-state index is 0.124. The fraction of sp³-hybridized carbons (Fsp3) is 0.342. The molecule has 284 valence electrons. The molecule has 1 aliphatic heterocycles. The summed E-state index contributed by atoms with van der Waals surface area (Å²) in [5.74, 6) is 2.44. The first-order chi connectivity index (χ1) is 25.9. The van der Waals surface area contributed by atoms with Gasteiger partial charge in [0.05, 0.1) is 45.0 Å². The van der Waals surface area contributed by atoms with Crippen molar-refractivity contribution in [2.45, 2.75) is 39.5 Å². The smallest absolute Gasteiger partial charge is 0.250 e. The first-order valence-corrected chi connectivity index (χ1v) is 19.2. The highest BCUT2D eigenvalue weighted by Gasteiger charge is 2.30. The molecule has 0 radical (unpaired) electrons. The summed E-state index contributed by atoms with van der Waals surface area (Å²) in [6.07, 6.45) is 4.44. The largest absolute Gasteiger partial charge is 0.497 e. The van der Waals surface area contributed by atoms with Crippen molar-refractivity contribution in [1.29, 1.82) is 0 Å². The lowest BCUT2D eigenvalue weighted by molar-refractivity contribution is 0.138. The normalized spacial score (nSPS) is 15.1. The molecule has 5 aromatic rings. The fourth-order valence-corrected chi connectivity index (χ4v) is 7.52. The molecular formula is C38H44FN9O5S. The monoisotopic (exact) mass is 757 g/mol. The van der Waals surface area contributed by atoms with Gasteiger partial charge in [-0.1, -0.05) is 24.3 Å². The van der Waals surface area contributed by atoms with Crippen LogP contribution in [0.5, 0.6) is 17.4 Å². The van der Waals surface area contributed by atoms with Gasteiger partial charge in [-0.05, 0) is 60.9 Å². The number of aromatic nitrogens is 5. The van der Waals surface area contributed by atoms with Gasteiger partial charge in [-0.15, -0.1) is 0 Å². The third-order valence-corrected chi connectivity index (χ3v) is 10.4. The van der Waals surface area contributed by atoms with Gasteiger partial charge in [0.25, 0.3) is 0 Å². The van der Waals surface area contributed by atoms with Crippen LogP contribution in [0.15, 0.2) is 73.1 Å². The quantitative estimate of drug-likeness (QED) is 0.158. The van der Waals surface area contributed by atoms with Crippen molar-refractivity contribution < 1.29 is 27.0 Å². The predicted molar refractivity (Wildman–Crippen MR) is 204 cm³/mol. The van der Waals surface area contributed by atoms with Crippen LogP contribution >= 0.6 is 0 Å². The van der Waals surface area contributed by atoms with Crippen LogP contribution in [-0.4, -0.2) is 95.8 Å². The number of rotatable bonds is 14. The lowest BCUT2D eigenvalue weighted by atomic mass is 10.1. The van der Waals surface area contributed by atoms with Crippen LogP contribution in [0.3, 0.4) is 0 Å². The predicted octanol–water partition coefficient (Wildman–Crippen LogP) is 5.22. The molecule has 1 N–H and O–H groups in total. The first kappa shape index (κ1) is 38.3. The van der Waals surface area contributed by atoms with Crippen LogP contribution in [0.1, 0.15) is 29.4 Å². The molecule has 1 aliphatic rings. The van der Waals surface area contributed by atoms with Crippen molar-refractivity contribution in [1.82, 2.24) is 34.1 Å². The Hall–Kier alpha value is -5.45. The van der Waals surface area contributed by atoms with Gasteiger partial charge in [0.2, 0.25) is 21.9 Å². The van der Waals surface area contributed by atoms with Crippen LogP contribution < -0.4 is 24.4 Å². The standard InChI is InChI=1S/C38H44FN9O5S/c1-25-21-46(15-16-48(25)54(6,49)50)22-29-17-33(35(40-19-29)44-30-18-34(39)37(53-5)41-20-30)36-42-26(2)43-38(45-36)47(23-27-7-11-31(51-3)12-8-27)24-28-9-13-32(52-4)14-10-28/h7-14,17-20,25H,15-16,21-24H2,1-6H3,(H,40,44). The Balaban J connectivity index is 1.38. The molecular weight excluding hydrogens is 714 g/mol. The molecule has 2 aromatic carbocycles. The molecule has 16 heteroatoms. The number of pyridine rings is 2. The van der Waals surface area contributed by atoms with E-state index >= 15 is 0 Å². The summed E-state index contributed by atoms with van der Waals surface area (Å²) in [5, 5.41) is 3.20. The Kier molecular flexibility index (Phi) is 11.8. The van der Waals surface area contributed by atoms with E-state index in [1.165, 1.54) is 29.9 Å². The Morgan fingerprint density at radius 2 is 1.50 bits per heavy atom. The highest BCUT2D eigenvalue weighted by molar-refractivity contribution is 7.88. The molecule has 1 atom stereocenters. The van der Waals surface area contributed by atoms with E-state index in [0.29, 0.717) is 73.9 Å². The highest BCUT2D eigenvalue weighted by atomic mass is 32.2. The molecule has 0 spiro atoms. The molecule has 6 rings (SSSR count). The third kappa shape index (κ3) is 9.37. The lowest BCUT2D eigenvalue weighted by Gasteiger charge is -2.38. The molecule has 14 nitrogen and oxygen atoms in total. The molecule has 3 aromatic heterocycles. The number of methoxy groups -OCH3 is 3. The SMILES string of the molecule is COc1ccc(CN(Cc2ccc(OC)cc2)c2nc(C)nc(-c3cc(CN4CCN(S(C)(=O)=O)C(C)C4)cnc3Nc3cnc(OC)c(F)c3)n2)cc1. The summed E-state index contributed by atoms with van der Waals surface area (Å²) in [6.45, 7) is 6.70. The zero-order valence-corrected chi connectivity index (χ0v) is 32.0. The van der Waals surface area contributed by atoms with E-state index < -0.39 is 15.8 Å². The number of anilines is 3. The summed E-state index contributed by atoms with van der Waals surface area (Å²) in [7, 11) is 1.31. The molecule has 1 unspecified atom stereocenters. The van der Waals surface area contributed by atoms with Crippen LogP contribution in [0.2, 0.25) is 0 Å². The third-order valence-electron chi connectivity index (χ3n) is 9.01. The summed E-state index contributed by atoms with van der Waals surface area (Å²) in [4.78, 5) is 27.7. The summed E-state index contributed by atoms with van der Waals surface area (Å²) in [6, 6.07) is 18.7. The maximum Gasteiger partial charge on any atom is 0.250 e. The molecule has 0 bridgehead atoms. The molecule has 0 saturated carbocycles. The van der Waals surface area contributed by atoms with Crippen molar-refractivity contribution in [3.8, 4) is 28.8 Å². The summed E-state index contributed by atoms with van der Waals surface area (Å²) < 4.78 is 56.6. The fourth-order valence-electron chi connectivity index (χ4n) is 6.39. The summed E-state index contributed by atoms with van der Waals surface area (Å²) in [5.41, 5.74) is 3.82. The molecule has 4 heterocycles. The van der Waals surface area contributed by atoms with Crippen molar-refractivity contribution in [2.75, 3.05) is 57.4 Å². The van der Waals surface area contributed by atoms with Crippen molar-refractivity contribution in [3.05, 3.63) is 101 Å². The molecule has 0 aliphatic carbocycles. The van der Waals surface area contributed by atoms with Gasteiger partial charge in [0.15, 0.2) is 11.6 Å². The average molecular weight is 758 g/mol. The zero-order valence-electron chi connectivity index (χ0n) is 31.2. The number of aryl methyl sites for hydroxylation is 1. The molecule has 0 amide bonds. The number of benzene rings is 2. The van der Waals surface area contributed by atoms with Gasteiger partial charge in [-0.3, -0.25) is 4.90 Å². The van der Waals surface area contributed by atoms with Crippen molar-refractivity contribution >= 4 is 27.5 Å². The highest BCUT2D eigenvalue weighted by Crippen LogP contribution is 2.31. The second-order valence-electron chi connectivity index (χ2n) is 13.1. The van der Waals surface area contributed by atoms with Gasteiger partial charge in [0.1, 0.15) is 23.1 Å². The minimum atomic E-state index is -3.31. The molecule has 1 saturated heterocycles. The Morgan fingerprint density at radius 3 is 2.06 bits per heavy atom. The van der Waals surface area contributed by atoms with E-state index in [4.69, 9.17) is 34.1 Å². The van der Waals surface area contributed by atoms with Crippen molar-refractivity contribution in [3.63, 3.8) is 0 Å². The number of sulfonamides is 1. The minimum Gasteiger partial charge on any atom is -0.497 e. The Bertz CT molecular complexity index is 2130. The topological polar surface area (TPSA) is 148 Å². The van der Waals surface area contributed by atoms with Crippen molar-refractivity contribution in [2.24, 2.45) is 0 Å². The number of halogens is 1. The van der Waals surface area contributed by atoms with Crippen LogP contribution in [0.25, 0.3) is 11.4 Å². The van der Waals surface area contributed by atoms with Crippen LogP contribution in [0.4, 0.5) is 21.8 Å². The average Bonchev–Trinajstić information content (AvgIpc) is 3.15. The lowest BCUT2D eigenvalue weighted by Crippen LogP contribution is -2.53. The number of nitrogens with zero attached hydrogens (tertiary/aromatic N) is 8. The second kappa shape index (κ2) is 16.7. The summed E-state index contributed by atoms with van der Waals surface area (Å²) >= 11 is 0. The van der Waals surface area contributed by atoms with Crippen LogP contribution in [-0.2, 0) is 29.7 Å². The number of hydrogen-bond acceptors (Lipinski definition) is 13. The molecule has 1 fully saturated rings. The maximum absolute atomic E-state index is 14.7. The van der Waals surface area contributed by atoms with Gasteiger partial charge in [0, 0.05) is 57.6 Å². The van der Waals surface area contributed by atoms with Gasteiger partial charge < -0.3 is 24.4 Å².